The van der Waals surface area contributed by atoms with Crippen molar-refractivity contribution in [3.05, 3.63) is 78.4 Å². The van der Waals surface area contributed by atoms with Crippen LogP contribution in [0.15, 0.2) is 77.9 Å². The lowest BCUT2D eigenvalue weighted by atomic mass is 10.1. The number of hydrogen-bond acceptors (Lipinski definition) is 3. The fraction of sp³-hybridized carbons (Fsp3) is 0.240. The molecule has 1 aliphatic heterocycles. The summed E-state index contributed by atoms with van der Waals surface area (Å²) in [6.07, 6.45) is 1.07. The second kappa shape index (κ2) is 8.91. The Morgan fingerprint density at radius 3 is 2.43 bits per heavy atom. The molecule has 30 heavy (non-hydrogen) atoms. The van der Waals surface area contributed by atoms with Crippen molar-refractivity contribution >= 4 is 34.0 Å². The van der Waals surface area contributed by atoms with Gasteiger partial charge in [-0.25, -0.2) is 5.01 Å². The summed E-state index contributed by atoms with van der Waals surface area (Å²) >= 11 is 0. The van der Waals surface area contributed by atoms with Crippen LogP contribution < -0.4 is 4.90 Å². The number of anilines is 1. The Balaban J connectivity index is 1.39. The molecule has 0 radical (unpaired) electrons. The van der Waals surface area contributed by atoms with Gasteiger partial charge in [0.25, 0.3) is 0 Å². The van der Waals surface area contributed by atoms with Gasteiger partial charge in [0, 0.05) is 31.5 Å². The van der Waals surface area contributed by atoms with Crippen molar-refractivity contribution in [1.82, 2.24) is 5.01 Å². The Bertz CT molecular complexity index is 1090. The molecule has 152 valence electrons. The van der Waals surface area contributed by atoms with E-state index in [4.69, 9.17) is 0 Å². The number of fused-ring (bicyclic) bond motifs is 1. The number of rotatable bonds is 6. The molecule has 0 unspecified atom stereocenters. The van der Waals surface area contributed by atoms with Crippen LogP contribution in [-0.4, -0.2) is 35.6 Å². The van der Waals surface area contributed by atoms with E-state index in [1.165, 1.54) is 5.01 Å². The van der Waals surface area contributed by atoms with Crippen molar-refractivity contribution in [2.45, 2.75) is 26.2 Å². The van der Waals surface area contributed by atoms with E-state index in [2.05, 4.69) is 11.2 Å². The summed E-state index contributed by atoms with van der Waals surface area (Å²) in [6, 6.07) is 24.0. The molecule has 0 N–H and O–H groups in total. The fourth-order valence-corrected chi connectivity index (χ4v) is 3.80. The SMILES string of the molecule is CCN(C(=O)CCC(=O)N1CCC(c2ccccc2)=N1)c1ccc2ccccc2c1. The zero-order chi connectivity index (χ0) is 20.9. The molecule has 3 aromatic carbocycles. The summed E-state index contributed by atoms with van der Waals surface area (Å²) in [6.45, 7) is 3.08. The van der Waals surface area contributed by atoms with Gasteiger partial charge in [-0.05, 0) is 35.4 Å². The largest absolute Gasteiger partial charge is 0.313 e. The third-order valence-corrected chi connectivity index (χ3v) is 5.41. The third-order valence-electron chi connectivity index (χ3n) is 5.41. The lowest BCUT2D eigenvalue weighted by molar-refractivity contribution is -0.132. The summed E-state index contributed by atoms with van der Waals surface area (Å²) in [4.78, 5) is 27.2. The van der Waals surface area contributed by atoms with Crippen molar-refractivity contribution in [3.8, 4) is 0 Å². The molecule has 4 rings (SSSR count). The first kappa shape index (κ1) is 19.8. The molecule has 1 aliphatic rings. The maximum absolute atomic E-state index is 12.8. The highest BCUT2D eigenvalue weighted by molar-refractivity contribution is 6.03. The van der Waals surface area contributed by atoms with Crippen LogP contribution in [0, 0.1) is 0 Å². The van der Waals surface area contributed by atoms with Crippen LogP contribution in [0.25, 0.3) is 10.8 Å². The normalized spacial score (nSPS) is 13.4. The summed E-state index contributed by atoms with van der Waals surface area (Å²) in [5, 5.41) is 8.21. The number of nitrogens with zero attached hydrogens (tertiary/aromatic N) is 3. The fourth-order valence-electron chi connectivity index (χ4n) is 3.80. The van der Waals surface area contributed by atoms with Gasteiger partial charge in [-0.3, -0.25) is 9.59 Å². The van der Waals surface area contributed by atoms with Crippen LogP contribution in [0.1, 0.15) is 31.7 Å². The number of carbonyl (C=O) groups excluding carboxylic acids is 2. The van der Waals surface area contributed by atoms with Crippen molar-refractivity contribution in [1.29, 1.82) is 0 Å². The molecule has 0 aromatic heterocycles. The average Bonchev–Trinajstić information content (AvgIpc) is 3.29. The Kier molecular flexibility index (Phi) is 5.89. The van der Waals surface area contributed by atoms with Gasteiger partial charge in [0.15, 0.2) is 0 Å². The maximum Gasteiger partial charge on any atom is 0.243 e. The minimum absolute atomic E-state index is 0.0485. The zero-order valence-electron chi connectivity index (χ0n) is 17.1. The molecular formula is C25H25N3O2. The first-order valence-electron chi connectivity index (χ1n) is 10.4. The zero-order valence-corrected chi connectivity index (χ0v) is 17.1. The second-order valence-electron chi connectivity index (χ2n) is 7.35. The standard InChI is InChI=1S/C25H25N3O2/c1-2-27(22-13-12-19-8-6-7-11-21(19)18-22)24(29)14-15-25(30)28-17-16-23(26-28)20-9-4-3-5-10-20/h3-13,18H,2,14-17H2,1H3. The Labute approximate surface area is 176 Å². The Morgan fingerprint density at radius 2 is 1.67 bits per heavy atom. The van der Waals surface area contributed by atoms with E-state index in [1.807, 2.05) is 73.7 Å². The van der Waals surface area contributed by atoms with Gasteiger partial charge in [-0.15, -0.1) is 0 Å². The number of hydrogen-bond donors (Lipinski definition) is 0. The molecule has 5 heteroatoms. The summed E-state index contributed by atoms with van der Waals surface area (Å²) in [7, 11) is 0. The Morgan fingerprint density at radius 1 is 0.933 bits per heavy atom. The van der Waals surface area contributed by atoms with Gasteiger partial charge >= 0.3 is 0 Å². The van der Waals surface area contributed by atoms with E-state index < -0.39 is 0 Å². The molecular weight excluding hydrogens is 374 g/mol. The highest BCUT2D eigenvalue weighted by atomic mass is 16.2. The topological polar surface area (TPSA) is 53.0 Å². The molecule has 0 saturated heterocycles. The maximum atomic E-state index is 12.8. The first-order chi connectivity index (χ1) is 14.7. The van der Waals surface area contributed by atoms with Crippen molar-refractivity contribution in [2.24, 2.45) is 5.10 Å². The molecule has 5 nitrogen and oxygen atoms in total. The second-order valence-corrected chi connectivity index (χ2v) is 7.35. The third kappa shape index (κ3) is 4.25. The summed E-state index contributed by atoms with van der Waals surface area (Å²) in [5.74, 6) is -0.156. The van der Waals surface area contributed by atoms with E-state index in [9.17, 15) is 9.59 Å². The summed E-state index contributed by atoms with van der Waals surface area (Å²) in [5.41, 5.74) is 2.82. The number of benzene rings is 3. The number of amides is 2. The van der Waals surface area contributed by atoms with Gasteiger partial charge in [0.1, 0.15) is 0 Å². The minimum atomic E-state index is -0.108. The highest BCUT2D eigenvalue weighted by Crippen LogP contribution is 2.23. The minimum Gasteiger partial charge on any atom is -0.313 e. The lowest BCUT2D eigenvalue weighted by Gasteiger charge is -2.22. The lowest BCUT2D eigenvalue weighted by Crippen LogP contribution is -2.32. The van der Waals surface area contributed by atoms with Gasteiger partial charge in [-0.2, -0.15) is 5.10 Å². The number of carbonyl (C=O) groups is 2. The van der Waals surface area contributed by atoms with E-state index in [1.54, 1.807) is 4.90 Å². The molecule has 2 amide bonds. The van der Waals surface area contributed by atoms with Crippen molar-refractivity contribution in [3.63, 3.8) is 0 Å². The molecule has 0 fully saturated rings. The van der Waals surface area contributed by atoms with Gasteiger partial charge in [0.05, 0.1) is 12.3 Å². The first-order valence-corrected chi connectivity index (χ1v) is 10.4. The monoisotopic (exact) mass is 399 g/mol. The van der Waals surface area contributed by atoms with E-state index in [-0.39, 0.29) is 24.7 Å². The van der Waals surface area contributed by atoms with Crippen molar-refractivity contribution < 1.29 is 9.59 Å². The van der Waals surface area contributed by atoms with Gasteiger partial charge in [-0.1, -0.05) is 60.7 Å². The molecule has 0 atom stereocenters. The highest BCUT2D eigenvalue weighted by Gasteiger charge is 2.23. The molecule has 0 bridgehead atoms. The van der Waals surface area contributed by atoms with Gasteiger partial charge < -0.3 is 4.90 Å². The van der Waals surface area contributed by atoms with E-state index in [0.717, 1.165) is 34.2 Å². The van der Waals surface area contributed by atoms with Crippen LogP contribution in [-0.2, 0) is 9.59 Å². The van der Waals surface area contributed by atoms with Crippen LogP contribution in [0.5, 0.6) is 0 Å². The average molecular weight is 399 g/mol. The van der Waals surface area contributed by atoms with E-state index >= 15 is 0 Å². The van der Waals surface area contributed by atoms with E-state index in [0.29, 0.717) is 13.1 Å². The van der Waals surface area contributed by atoms with Crippen LogP contribution in [0.2, 0.25) is 0 Å². The molecule has 0 aliphatic carbocycles. The molecule has 1 heterocycles. The predicted molar refractivity (Wildman–Crippen MR) is 121 cm³/mol. The number of hydrazone groups is 1. The quantitative estimate of drug-likeness (QED) is 0.608. The van der Waals surface area contributed by atoms with Crippen molar-refractivity contribution in [2.75, 3.05) is 18.0 Å². The predicted octanol–water partition coefficient (Wildman–Crippen LogP) is 4.61. The molecule has 3 aromatic rings. The summed E-state index contributed by atoms with van der Waals surface area (Å²) < 4.78 is 0. The molecule has 0 spiro atoms. The Hall–Kier alpha value is -3.47. The smallest absolute Gasteiger partial charge is 0.243 e. The van der Waals surface area contributed by atoms with Crippen LogP contribution >= 0.6 is 0 Å². The van der Waals surface area contributed by atoms with Gasteiger partial charge in [0.2, 0.25) is 11.8 Å². The molecule has 0 saturated carbocycles. The van der Waals surface area contributed by atoms with Crippen LogP contribution in [0.4, 0.5) is 5.69 Å². The van der Waals surface area contributed by atoms with Crippen LogP contribution in [0.3, 0.4) is 0 Å².